The largest absolute Gasteiger partial charge is 0.398 e. The summed E-state index contributed by atoms with van der Waals surface area (Å²) < 4.78 is 0. The molecule has 0 spiro atoms. The van der Waals surface area contributed by atoms with Gasteiger partial charge in [0.25, 0.3) is 0 Å². The zero-order valence-corrected chi connectivity index (χ0v) is 11.0. The number of hydrogen-bond donors (Lipinski definition) is 1. The van der Waals surface area contributed by atoms with Crippen LogP contribution in [0.4, 0.5) is 5.69 Å². The van der Waals surface area contributed by atoms with Crippen LogP contribution in [-0.4, -0.2) is 10.2 Å². The second-order valence-electron chi connectivity index (χ2n) is 4.66. The topological polar surface area (TPSA) is 38.9 Å². The van der Waals surface area contributed by atoms with Crippen molar-refractivity contribution >= 4 is 17.4 Å². The van der Waals surface area contributed by atoms with Crippen LogP contribution in [0.5, 0.6) is 0 Å². The first kappa shape index (κ1) is 11.6. The highest BCUT2D eigenvalue weighted by Crippen LogP contribution is 2.38. The molecule has 1 aromatic heterocycles. The number of thioether (sulfide) groups is 1. The Kier molecular flexibility index (Phi) is 3.24. The zero-order valence-electron chi connectivity index (χ0n) is 10.2. The minimum absolute atomic E-state index is 0.682. The van der Waals surface area contributed by atoms with Crippen molar-refractivity contribution in [3.63, 3.8) is 0 Å². The van der Waals surface area contributed by atoms with Crippen LogP contribution >= 0.6 is 11.8 Å². The fourth-order valence-electron chi connectivity index (χ4n) is 2.38. The molecule has 1 atom stereocenters. The van der Waals surface area contributed by atoms with E-state index in [9.17, 15) is 0 Å². The van der Waals surface area contributed by atoms with E-state index < -0.39 is 0 Å². The fourth-order valence-corrected chi connectivity index (χ4v) is 3.70. The van der Waals surface area contributed by atoms with Gasteiger partial charge < -0.3 is 5.73 Å². The number of rotatable bonds is 3. The highest BCUT2D eigenvalue weighted by atomic mass is 32.2. The Hall–Kier alpha value is -1.48. The first-order valence-electron chi connectivity index (χ1n) is 6.26. The summed E-state index contributed by atoms with van der Waals surface area (Å²) in [5.41, 5.74) is 9.48. The van der Waals surface area contributed by atoms with E-state index in [2.05, 4.69) is 29.2 Å². The van der Waals surface area contributed by atoms with Crippen molar-refractivity contribution in [1.82, 2.24) is 4.98 Å². The van der Waals surface area contributed by atoms with Crippen molar-refractivity contribution < 1.29 is 0 Å². The molecule has 2 nitrogen and oxygen atoms in total. The summed E-state index contributed by atoms with van der Waals surface area (Å²) >= 11 is 2.00. The second kappa shape index (κ2) is 5.02. The first-order chi connectivity index (χ1) is 8.83. The van der Waals surface area contributed by atoms with E-state index in [0.717, 1.165) is 18.5 Å². The van der Waals surface area contributed by atoms with Gasteiger partial charge in [0.15, 0.2) is 0 Å². The van der Waals surface area contributed by atoms with E-state index in [1.54, 1.807) is 6.20 Å². The van der Waals surface area contributed by atoms with Crippen LogP contribution in [0, 0.1) is 0 Å². The van der Waals surface area contributed by atoms with Gasteiger partial charge in [-0.3, -0.25) is 4.98 Å². The Balaban J connectivity index is 1.62. The lowest BCUT2D eigenvalue weighted by Crippen LogP contribution is -2.04. The van der Waals surface area contributed by atoms with Crippen LogP contribution in [0.1, 0.15) is 17.5 Å². The fraction of sp³-hybridized carbons (Fsp3) is 0.267. The Morgan fingerprint density at radius 3 is 3.00 bits per heavy atom. The highest BCUT2D eigenvalue weighted by Gasteiger charge is 2.21. The van der Waals surface area contributed by atoms with E-state index in [1.165, 1.54) is 22.4 Å². The van der Waals surface area contributed by atoms with Crippen molar-refractivity contribution in [2.75, 3.05) is 5.73 Å². The number of anilines is 1. The second-order valence-corrected chi connectivity index (χ2v) is 6.01. The molecule has 2 N–H and O–H groups in total. The molecular formula is C15H16N2S. The number of nitrogens with zero attached hydrogens (tertiary/aromatic N) is 1. The summed E-state index contributed by atoms with van der Waals surface area (Å²) in [5, 5.41) is 0.682. The lowest BCUT2D eigenvalue weighted by molar-refractivity contribution is 0.762. The average Bonchev–Trinajstić information content (AvgIpc) is 2.80. The van der Waals surface area contributed by atoms with Crippen LogP contribution in [0.25, 0.3) is 0 Å². The average molecular weight is 256 g/mol. The molecule has 0 bridgehead atoms. The van der Waals surface area contributed by atoms with E-state index in [1.807, 2.05) is 24.0 Å². The maximum atomic E-state index is 5.94. The van der Waals surface area contributed by atoms with Gasteiger partial charge in [0.2, 0.25) is 0 Å². The van der Waals surface area contributed by atoms with Crippen molar-refractivity contribution in [3.8, 4) is 0 Å². The van der Waals surface area contributed by atoms with Crippen molar-refractivity contribution in [3.05, 3.63) is 53.9 Å². The van der Waals surface area contributed by atoms with Crippen LogP contribution in [0.2, 0.25) is 0 Å². The molecule has 0 saturated carbocycles. The van der Waals surface area contributed by atoms with Gasteiger partial charge in [-0.25, -0.2) is 0 Å². The summed E-state index contributed by atoms with van der Waals surface area (Å²) in [4.78, 5) is 5.59. The summed E-state index contributed by atoms with van der Waals surface area (Å²) in [6.45, 7) is 0. The number of fused-ring (bicyclic) bond motifs is 1. The smallest absolute Gasteiger partial charge is 0.0377 e. The molecule has 0 amide bonds. The van der Waals surface area contributed by atoms with E-state index in [4.69, 9.17) is 5.73 Å². The highest BCUT2D eigenvalue weighted by molar-refractivity contribution is 8.00. The Morgan fingerprint density at radius 1 is 1.28 bits per heavy atom. The minimum Gasteiger partial charge on any atom is -0.398 e. The number of hydrogen-bond acceptors (Lipinski definition) is 3. The van der Waals surface area contributed by atoms with E-state index in [0.29, 0.717) is 5.25 Å². The lowest BCUT2D eigenvalue weighted by atomic mass is 10.0. The van der Waals surface area contributed by atoms with E-state index in [-0.39, 0.29) is 0 Å². The molecule has 1 aromatic carbocycles. The van der Waals surface area contributed by atoms with Crippen LogP contribution in [0.3, 0.4) is 0 Å². The van der Waals surface area contributed by atoms with Gasteiger partial charge in [-0.1, -0.05) is 18.2 Å². The number of aromatic nitrogens is 1. The predicted octanol–water partition coefficient (Wildman–Crippen LogP) is 3.31. The van der Waals surface area contributed by atoms with Crippen LogP contribution in [-0.2, 0) is 12.8 Å². The molecule has 2 aromatic rings. The first-order valence-corrected chi connectivity index (χ1v) is 7.14. The standard InChI is InChI=1S/C15H16N2S/c16-14-7-8-17-10-12(14)5-6-13-9-11-3-1-2-4-15(11)18-13/h1-4,7-8,10,13H,5-6,9H2,(H2,16,17). The van der Waals surface area contributed by atoms with Crippen molar-refractivity contribution in [2.24, 2.45) is 0 Å². The molecule has 1 aliphatic heterocycles. The quantitative estimate of drug-likeness (QED) is 0.915. The molecule has 0 fully saturated rings. The Labute approximate surface area is 112 Å². The van der Waals surface area contributed by atoms with Gasteiger partial charge in [-0.2, -0.15) is 0 Å². The molecule has 0 saturated heterocycles. The third-order valence-corrected chi connectivity index (χ3v) is 4.78. The number of aryl methyl sites for hydroxylation is 1. The van der Waals surface area contributed by atoms with Gasteiger partial charge in [0.1, 0.15) is 0 Å². The molecule has 2 heterocycles. The molecular weight excluding hydrogens is 240 g/mol. The normalized spacial score (nSPS) is 17.7. The SMILES string of the molecule is Nc1ccncc1CCC1Cc2ccccc2S1. The molecule has 3 rings (SSSR count). The number of nitrogens with two attached hydrogens (primary N) is 1. The summed E-state index contributed by atoms with van der Waals surface area (Å²) in [6, 6.07) is 10.6. The Bertz CT molecular complexity index is 529. The number of nitrogen functional groups attached to an aromatic ring is 1. The third-order valence-electron chi connectivity index (χ3n) is 3.39. The molecule has 18 heavy (non-hydrogen) atoms. The number of benzene rings is 1. The van der Waals surface area contributed by atoms with E-state index >= 15 is 0 Å². The lowest BCUT2D eigenvalue weighted by Gasteiger charge is -2.09. The molecule has 0 aliphatic carbocycles. The summed E-state index contributed by atoms with van der Waals surface area (Å²) in [6.07, 6.45) is 7.00. The third kappa shape index (κ3) is 2.36. The maximum Gasteiger partial charge on any atom is 0.0377 e. The summed E-state index contributed by atoms with van der Waals surface area (Å²) in [7, 11) is 0. The molecule has 92 valence electrons. The number of pyridine rings is 1. The molecule has 1 aliphatic rings. The molecule has 1 unspecified atom stereocenters. The predicted molar refractivity (Wildman–Crippen MR) is 76.8 cm³/mol. The van der Waals surface area contributed by atoms with Gasteiger partial charge >= 0.3 is 0 Å². The Morgan fingerprint density at radius 2 is 2.17 bits per heavy atom. The van der Waals surface area contributed by atoms with Gasteiger partial charge in [-0.15, -0.1) is 11.8 Å². The maximum absolute atomic E-state index is 5.94. The van der Waals surface area contributed by atoms with Crippen molar-refractivity contribution in [2.45, 2.75) is 29.4 Å². The zero-order chi connectivity index (χ0) is 12.4. The van der Waals surface area contributed by atoms with Gasteiger partial charge in [0.05, 0.1) is 0 Å². The van der Waals surface area contributed by atoms with Crippen molar-refractivity contribution in [1.29, 1.82) is 0 Å². The van der Waals surface area contributed by atoms with Crippen LogP contribution < -0.4 is 5.73 Å². The summed E-state index contributed by atoms with van der Waals surface area (Å²) in [5.74, 6) is 0. The molecule has 3 heteroatoms. The van der Waals surface area contributed by atoms with Gasteiger partial charge in [0, 0.05) is 28.2 Å². The minimum atomic E-state index is 0.682. The van der Waals surface area contributed by atoms with Gasteiger partial charge in [-0.05, 0) is 42.5 Å². The van der Waals surface area contributed by atoms with Crippen LogP contribution in [0.15, 0.2) is 47.6 Å². The monoisotopic (exact) mass is 256 g/mol. The molecule has 0 radical (unpaired) electrons.